The van der Waals surface area contributed by atoms with Gasteiger partial charge >= 0.3 is 0 Å². The van der Waals surface area contributed by atoms with Gasteiger partial charge in [0.05, 0.1) is 7.11 Å². The van der Waals surface area contributed by atoms with E-state index < -0.39 is 16.1 Å². The van der Waals surface area contributed by atoms with Gasteiger partial charge in [-0.25, -0.2) is 13.1 Å². The Hall–Kier alpha value is -2.04. The predicted octanol–water partition coefficient (Wildman–Crippen LogP) is 1.93. The Balaban J connectivity index is 2.10. The van der Waals surface area contributed by atoms with Crippen LogP contribution in [0.4, 0.5) is 5.13 Å². The van der Waals surface area contributed by atoms with Crippen LogP contribution >= 0.6 is 11.3 Å². The average molecular weight is 370 g/mol. The molecule has 0 saturated carbocycles. The molecule has 10 heteroatoms. The molecule has 130 valence electrons. The van der Waals surface area contributed by atoms with Crippen molar-refractivity contribution in [1.82, 2.24) is 14.9 Å². The Bertz CT molecular complexity index is 802. The molecule has 1 amide bonds. The third-order valence-electron chi connectivity index (χ3n) is 3.15. The van der Waals surface area contributed by atoms with Crippen molar-refractivity contribution >= 4 is 32.4 Å². The minimum Gasteiger partial charge on any atom is -0.497 e. The molecular weight excluding hydrogens is 352 g/mol. The first-order chi connectivity index (χ1) is 11.4. The number of aromatic nitrogens is 2. The van der Waals surface area contributed by atoms with E-state index in [0.29, 0.717) is 5.75 Å². The number of rotatable bonds is 7. The lowest BCUT2D eigenvalue weighted by atomic mass is 10.1. The molecule has 1 heterocycles. The fourth-order valence-corrected chi connectivity index (χ4v) is 3.98. The molecule has 0 aliphatic carbocycles. The van der Waals surface area contributed by atoms with Crippen LogP contribution in [0.3, 0.4) is 0 Å². The van der Waals surface area contributed by atoms with Crippen molar-refractivity contribution in [3.8, 4) is 5.75 Å². The van der Waals surface area contributed by atoms with Gasteiger partial charge < -0.3 is 10.1 Å². The van der Waals surface area contributed by atoms with E-state index in [1.54, 1.807) is 45.2 Å². The third-order valence-corrected chi connectivity index (χ3v) is 5.90. The molecule has 24 heavy (non-hydrogen) atoms. The van der Waals surface area contributed by atoms with Crippen LogP contribution in [-0.2, 0) is 14.8 Å². The highest BCUT2D eigenvalue weighted by atomic mass is 32.2. The first-order valence-electron chi connectivity index (χ1n) is 7.15. The summed E-state index contributed by atoms with van der Waals surface area (Å²) in [6.45, 7) is 3.41. The van der Waals surface area contributed by atoms with Gasteiger partial charge in [0, 0.05) is 12.5 Å². The lowest BCUT2D eigenvalue weighted by molar-refractivity contribution is -0.115. The summed E-state index contributed by atoms with van der Waals surface area (Å²) in [5, 5.41) is 9.94. The summed E-state index contributed by atoms with van der Waals surface area (Å²) in [5.74, 6) is 0.434. The molecule has 2 N–H and O–H groups in total. The van der Waals surface area contributed by atoms with Crippen LogP contribution < -0.4 is 14.8 Å². The second kappa shape index (κ2) is 7.69. The Kier molecular flexibility index (Phi) is 5.86. The number of hydrogen-bond acceptors (Lipinski definition) is 7. The molecule has 2 aromatic rings. The van der Waals surface area contributed by atoms with E-state index in [-0.39, 0.29) is 21.8 Å². The zero-order chi connectivity index (χ0) is 17.7. The smallest absolute Gasteiger partial charge is 0.270 e. The van der Waals surface area contributed by atoms with Gasteiger partial charge in [0.25, 0.3) is 10.0 Å². The maximum atomic E-state index is 12.4. The van der Waals surface area contributed by atoms with Crippen molar-refractivity contribution in [1.29, 1.82) is 0 Å². The van der Waals surface area contributed by atoms with Crippen LogP contribution in [0.5, 0.6) is 5.75 Å². The van der Waals surface area contributed by atoms with Gasteiger partial charge in [-0.2, -0.15) is 0 Å². The number of amides is 1. The fraction of sp³-hybridized carbons (Fsp3) is 0.357. The van der Waals surface area contributed by atoms with Crippen LogP contribution in [0.2, 0.25) is 0 Å². The molecule has 2 rings (SSSR count). The maximum absolute atomic E-state index is 12.4. The average Bonchev–Trinajstić information content (AvgIpc) is 3.03. The third kappa shape index (κ3) is 4.49. The lowest BCUT2D eigenvalue weighted by Crippen LogP contribution is -2.26. The summed E-state index contributed by atoms with van der Waals surface area (Å²) < 4.78 is 32.1. The predicted molar refractivity (Wildman–Crippen MR) is 90.6 cm³/mol. The van der Waals surface area contributed by atoms with E-state index in [9.17, 15) is 13.2 Å². The SMILES string of the molecule is CCC(=O)Nc1nnc(S(=O)(=O)NC(C)c2ccc(OC)cc2)s1. The van der Waals surface area contributed by atoms with Gasteiger partial charge in [-0.3, -0.25) is 4.79 Å². The molecule has 8 nitrogen and oxygen atoms in total. The molecule has 0 fully saturated rings. The second-order valence-electron chi connectivity index (χ2n) is 4.89. The number of hydrogen-bond donors (Lipinski definition) is 2. The van der Waals surface area contributed by atoms with Gasteiger partial charge in [-0.1, -0.05) is 30.4 Å². The van der Waals surface area contributed by atoms with E-state index in [1.165, 1.54) is 0 Å². The maximum Gasteiger partial charge on any atom is 0.270 e. The van der Waals surface area contributed by atoms with Gasteiger partial charge in [0.1, 0.15) is 5.75 Å². The first-order valence-corrected chi connectivity index (χ1v) is 9.45. The summed E-state index contributed by atoms with van der Waals surface area (Å²) in [6, 6.07) is 6.60. The molecule has 1 aromatic carbocycles. The minimum atomic E-state index is -3.83. The standard InChI is InChI=1S/C14H18N4O4S2/c1-4-12(19)15-13-16-17-14(23-13)24(20,21)18-9(2)10-5-7-11(22-3)8-6-10/h5-9,18H,4H2,1-3H3,(H,15,16,19). The molecule has 0 bridgehead atoms. The van der Waals surface area contributed by atoms with Gasteiger partial charge in [-0.15, -0.1) is 10.2 Å². The number of sulfonamides is 1. The minimum absolute atomic E-state index is 0.152. The van der Waals surface area contributed by atoms with E-state index >= 15 is 0 Å². The molecule has 0 aliphatic heterocycles. The molecule has 0 spiro atoms. The molecule has 1 unspecified atom stereocenters. The summed E-state index contributed by atoms with van der Waals surface area (Å²) in [4.78, 5) is 11.3. The Morgan fingerprint density at radius 2 is 1.96 bits per heavy atom. The fourth-order valence-electron chi connectivity index (χ4n) is 1.82. The molecule has 0 saturated heterocycles. The molecule has 0 radical (unpaired) electrons. The Morgan fingerprint density at radius 3 is 2.54 bits per heavy atom. The van der Waals surface area contributed by atoms with Crippen LogP contribution in [0, 0.1) is 0 Å². The van der Waals surface area contributed by atoms with Crippen LogP contribution in [0.1, 0.15) is 31.9 Å². The topological polar surface area (TPSA) is 110 Å². The number of benzene rings is 1. The van der Waals surface area contributed by atoms with Crippen molar-refractivity contribution in [3.05, 3.63) is 29.8 Å². The van der Waals surface area contributed by atoms with Crippen LogP contribution in [0.25, 0.3) is 0 Å². The summed E-state index contributed by atoms with van der Waals surface area (Å²) in [6.07, 6.45) is 0.272. The Morgan fingerprint density at radius 1 is 1.29 bits per heavy atom. The summed E-state index contributed by atoms with van der Waals surface area (Å²) in [5.41, 5.74) is 0.781. The number of anilines is 1. The Labute approximate surface area is 144 Å². The molecule has 1 atom stereocenters. The number of carbonyl (C=O) groups excluding carboxylic acids is 1. The van der Waals surface area contributed by atoms with E-state index in [1.807, 2.05) is 0 Å². The second-order valence-corrected chi connectivity index (χ2v) is 7.76. The van der Waals surface area contributed by atoms with Crippen LogP contribution in [0.15, 0.2) is 28.6 Å². The number of nitrogens with one attached hydrogen (secondary N) is 2. The normalized spacial score (nSPS) is 12.6. The van der Waals surface area contributed by atoms with E-state index in [4.69, 9.17) is 4.74 Å². The van der Waals surface area contributed by atoms with E-state index in [0.717, 1.165) is 16.9 Å². The molecule has 0 aliphatic rings. The zero-order valence-corrected chi connectivity index (χ0v) is 15.1. The summed E-state index contributed by atoms with van der Waals surface area (Å²) >= 11 is 0.802. The number of nitrogens with zero attached hydrogens (tertiary/aromatic N) is 2. The highest BCUT2D eigenvalue weighted by Crippen LogP contribution is 2.23. The van der Waals surface area contributed by atoms with Crippen molar-refractivity contribution in [2.75, 3.05) is 12.4 Å². The van der Waals surface area contributed by atoms with Gasteiger partial charge in [0.2, 0.25) is 15.4 Å². The van der Waals surface area contributed by atoms with Crippen molar-refractivity contribution in [3.63, 3.8) is 0 Å². The largest absolute Gasteiger partial charge is 0.497 e. The van der Waals surface area contributed by atoms with Crippen molar-refractivity contribution in [2.24, 2.45) is 0 Å². The van der Waals surface area contributed by atoms with Crippen LogP contribution in [-0.4, -0.2) is 31.6 Å². The number of methoxy groups -OCH3 is 1. The molecular formula is C14H18N4O4S2. The molecule has 1 aromatic heterocycles. The number of carbonyl (C=O) groups is 1. The summed E-state index contributed by atoms with van der Waals surface area (Å²) in [7, 11) is -2.27. The van der Waals surface area contributed by atoms with Gasteiger partial charge in [0.15, 0.2) is 0 Å². The highest BCUT2D eigenvalue weighted by molar-refractivity contribution is 7.91. The monoisotopic (exact) mass is 370 g/mol. The lowest BCUT2D eigenvalue weighted by Gasteiger charge is -2.13. The quantitative estimate of drug-likeness (QED) is 0.721. The zero-order valence-electron chi connectivity index (χ0n) is 13.4. The van der Waals surface area contributed by atoms with Crippen molar-refractivity contribution < 1.29 is 17.9 Å². The highest BCUT2D eigenvalue weighted by Gasteiger charge is 2.23. The van der Waals surface area contributed by atoms with Crippen molar-refractivity contribution in [2.45, 2.75) is 30.6 Å². The first kappa shape index (κ1) is 18.3. The van der Waals surface area contributed by atoms with E-state index in [2.05, 4.69) is 20.2 Å². The van der Waals surface area contributed by atoms with Gasteiger partial charge in [-0.05, 0) is 24.6 Å². The number of ether oxygens (including phenoxy) is 1.